The summed E-state index contributed by atoms with van der Waals surface area (Å²) in [4.78, 5) is 4.77. The molecule has 29 heavy (non-hydrogen) atoms. The minimum absolute atomic E-state index is 0.00432. The van der Waals surface area contributed by atoms with Gasteiger partial charge < -0.3 is 15.0 Å². The number of rotatable bonds is 5. The molecule has 2 aromatic carbocycles. The third-order valence-electron chi connectivity index (χ3n) is 5.63. The fourth-order valence-corrected chi connectivity index (χ4v) is 4.25. The van der Waals surface area contributed by atoms with E-state index >= 15 is 0 Å². The summed E-state index contributed by atoms with van der Waals surface area (Å²) in [6.45, 7) is 5.77. The summed E-state index contributed by atoms with van der Waals surface area (Å²) in [6.07, 6.45) is -2.21. The molecule has 2 heterocycles. The van der Waals surface area contributed by atoms with Crippen LogP contribution in [0.15, 0.2) is 48.5 Å². The lowest BCUT2D eigenvalue weighted by Gasteiger charge is -2.36. The number of benzene rings is 2. The number of hydrogen-bond acceptors (Lipinski definition) is 4. The van der Waals surface area contributed by atoms with E-state index < -0.39 is 6.36 Å². The monoisotopic (exact) mass is 405 g/mol. The van der Waals surface area contributed by atoms with Crippen molar-refractivity contribution < 1.29 is 17.9 Å². The van der Waals surface area contributed by atoms with Crippen molar-refractivity contribution in [3.8, 4) is 5.75 Å². The van der Waals surface area contributed by atoms with E-state index in [1.54, 1.807) is 12.1 Å². The van der Waals surface area contributed by atoms with Crippen molar-refractivity contribution in [3.05, 3.63) is 59.7 Å². The number of nitrogens with zero attached hydrogens (tertiary/aromatic N) is 2. The second kappa shape index (κ2) is 8.63. The molecule has 4 rings (SSSR count). The van der Waals surface area contributed by atoms with Crippen LogP contribution in [-0.2, 0) is 0 Å². The quantitative estimate of drug-likeness (QED) is 0.808. The topological polar surface area (TPSA) is 27.7 Å². The Morgan fingerprint density at radius 1 is 0.793 bits per heavy atom. The van der Waals surface area contributed by atoms with Crippen LogP contribution in [0.25, 0.3) is 0 Å². The van der Waals surface area contributed by atoms with E-state index in [9.17, 15) is 13.2 Å². The predicted molar refractivity (Wildman–Crippen MR) is 107 cm³/mol. The molecule has 0 aliphatic carbocycles. The summed E-state index contributed by atoms with van der Waals surface area (Å²) in [5, 5.41) is 3.36. The molecular formula is C22H26F3N3O. The fourth-order valence-electron chi connectivity index (χ4n) is 4.25. The second-order valence-corrected chi connectivity index (χ2v) is 7.59. The van der Waals surface area contributed by atoms with Crippen LogP contribution in [0.5, 0.6) is 5.75 Å². The Bertz CT molecular complexity index is 780. The molecule has 156 valence electrons. The minimum Gasteiger partial charge on any atom is -0.406 e. The van der Waals surface area contributed by atoms with Gasteiger partial charge in [0.15, 0.2) is 0 Å². The van der Waals surface area contributed by atoms with Crippen molar-refractivity contribution in [1.82, 2.24) is 10.2 Å². The number of alkyl halides is 3. The van der Waals surface area contributed by atoms with Gasteiger partial charge in [0, 0.05) is 45.0 Å². The van der Waals surface area contributed by atoms with E-state index in [0.29, 0.717) is 0 Å². The molecule has 0 saturated carbocycles. The zero-order valence-electron chi connectivity index (χ0n) is 16.3. The Hall–Kier alpha value is -2.25. The molecule has 0 spiro atoms. The minimum atomic E-state index is -4.68. The number of hydrogen-bond donors (Lipinski definition) is 1. The van der Waals surface area contributed by atoms with Crippen molar-refractivity contribution >= 4 is 5.69 Å². The van der Waals surface area contributed by atoms with Gasteiger partial charge in [-0.1, -0.05) is 24.3 Å². The summed E-state index contributed by atoms with van der Waals surface area (Å²) in [6, 6.07) is 14.9. The van der Waals surface area contributed by atoms with Crippen LogP contribution in [0.2, 0.25) is 0 Å². The van der Waals surface area contributed by atoms with Gasteiger partial charge in [-0.15, -0.1) is 13.2 Å². The highest BCUT2D eigenvalue weighted by atomic mass is 19.4. The van der Waals surface area contributed by atoms with Gasteiger partial charge in [0.1, 0.15) is 5.75 Å². The highest BCUT2D eigenvalue weighted by Crippen LogP contribution is 2.33. The Balaban J connectivity index is 1.59. The first-order valence-electron chi connectivity index (χ1n) is 10.1. The molecule has 2 aliphatic heterocycles. The van der Waals surface area contributed by atoms with Crippen LogP contribution in [0.1, 0.15) is 30.0 Å². The first-order chi connectivity index (χ1) is 14.0. The van der Waals surface area contributed by atoms with Crippen LogP contribution in [-0.4, -0.2) is 50.5 Å². The highest BCUT2D eigenvalue weighted by molar-refractivity contribution is 5.50. The van der Waals surface area contributed by atoms with Crippen molar-refractivity contribution in [2.24, 2.45) is 0 Å². The number of ether oxygens (including phenoxy) is 1. The maximum atomic E-state index is 12.5. The van der Waals surface area contributed by atoms with E-state index in [-0.39, 0.29) is 11.8 Å². The first-order valence-corrected chi connectivity index (χ1v) is 10.1. The maximum absolute atomic E-state index is 12.5. The zero-order chi connectivity index (χ0) is 20.3. The van der Waals surface area contributed by atoms with E-state index in [4.69, 9.17) is 0 Å². The number of piperazine rings is 1. The fraction of sp³-hybridized carbons (Fsp3) is 0.455. The van der Waals surface area contributed by atoms with Gasteiger partial charge in [-0.25, -0.2) is 0 Å². The molecule has 2 aliphatic rings. The summed E-state index contributed by atoms with van der Waals surface area (Å²) in [7, 11) is 0. The third-order valence-corrected chi connectivity index (χ3v) is 5.63. The highest BCUT2D eigenvalue weighted by Gasteiger charge is 2.31. The molecule has 2 aromatic rings. The molecule has 1 atom stereocenters. The first kappa shape index (κ1) is 20.0. The van der Waals surface area contributed by atoms with E-state index in [1.807, 2.05) is 0 Å². The summed E-state index contributed by atoms with van der Waals surface area (Å²) < 4.78 is 41.5. The summed E-state index contributed by atoms with van der Waals surface area (Å²) >= 11 is 0. The van der Waals surface area contributed by atoms with Gasteiger partial charge in [-0.3, -0.25) is 4.90 Å². The molecule has 4 nitrogen and oxygen atoms in total. The lowest BCUT2D eigenvalue weighted by molar-refractivity contribution is -0.274. The summed E-state index contributed by atoms with van der Waals surface area (Å²) in [5.41, 5.74) is 3.36. The average Bonchev–Trinajstić information content (AvgIpc) is 3.25. The van der Waals surface area contributed by atoms with Gasteiger partial charge >= 0.3 is 6.36 Å². The van der Waals surface area contributed by atoms with Gasteiger partial charge in [0.05, 0.1) is 6.04 Å². The van der Waals surface area contributed by atoms with Crippen molar-refractivity contribution in [3.63, 3.8) is 0 Å². The van der Waals surface area contributed by atoms with Crippen LogP contribution in [0.3, 0.4) is 0 Å². The van der Waals surface area contributed by atoms with Crippen LogP contribution >= 0.6 is 0 Å². The molecule has 0 unspecified atom stereocenters. The maximum Gasteiger partial charge on any atom is 0.573 e. The lowest BCUT2D eigenvalue weighted by Crippen LogP contribution is -2.45. The molecule has 1 N–H and O–H groups in total. The van der Waals surface area contributed by atoms with E-state index in [2.05, 4.69) is 44.1 Å². The Kier molecular flexibility index (Phi) is 5.96. The van der Waals surface area contributed by atoms with Gasteiger partial charge in [-0.05, 0) is 48.2 Å². The third kappa shape index (κ3) is 5.03. The molecule has 0 bridgehead atoms. The predicted octanol–water partition coefficient (Wildman–Crippen LogP) is 4.18. The Morgan fingerprint density at radius 3 is 1.90 bits per heavy atom. The molecule has 2 fully saturated rings. The SMILES string of the molecule is FC(F)(F)Oc1ccc([C@@H](c2ccc(N3CCCC3)cc2)N2CCNCC2)cc1. The van der Waals surface area contributed by atoms with Gasteiger partial charge in [0.2, 0.25) is 0 Å². The molecular weight excluding hydrogens is 379 g/mol. The smallest absolute Gasteiger partial charge is 0.406 e. The normalized spacial score (nSPS) is 19.3. The van der Waals surface area contributed by atoms with Crippen molar-refractivity contribution in [2.75, 3.05) is 44.2 Å². The number of anilines is 1. The zero-order valence-corrected chi connectivity index (χ0v) is 16.3. The number of halogens is 3. The van der Waals surface area contributed by atoms with E-state index in [1.165, 1.54) is 30.7 Å². The van der Waals surface area contributed by atoms with Gasteiger partial charge in [-0.2, -0.15) is 0 Å². The van der Waals surface area contributed by atoms with Crippen LogP contribution in [0.4, 0.5) is 18.9 Å². The largest absolute Gasteiger partial charge is 0.573 e. The van der Waals surface area contributed by atoms with Crippen molar-refractivity contribution in [2.45, 2.75) is 25.2 Å². The summed E-state index contributed by atoms with van der Waals surface area (Å²) in [5.74, 6) is -0.190. The second-order valence-electron chi connectivity index (χ2n) is 7.59. The molecule has 0 aromatic heterocycles. The van der Waals surface area contributed by atoms with Crippen LogP contribution in [0, 0.1) is 0 Å². The molecule has 0 amide bonds. The Morgan fingerprint density at radius 2 is 1.34 bits per heavy atom. The average molecular weight is 405 g/mol. The molecule has 2 saturated heterocycles. The Labute approximate surface area is 169 Å². The standard InChI is InChI=1S/C22H26F3N3O/c23-22(24,25)29-20-9-5-18(6-10-20)21(28-15-11-26-12-16-28)17-3-7-19(8-4-17)27-13-1-2-14-27/h3-10,21,26H,1-2,11-16H2/t21-/m1/s1. The molecule has 0 radical (unpaired) electrons. The van der Waals surface area contributed by atoms with Crippen LogP contribution < -0.4 is 15.0 Å². The number of nitrogens with one attached hydrogen (secondary N) is 1. The van der Waals surface area contributed by atoms with Crippen molar-refractivity contribution in [1.29, 1.82) is 0 Å². The van der Waals surface area contributed by atoms with E-state index in [0.717, 1.165) is 50.4 Å². The molecule has 7 heteroatoms. The van der Waals surface area contributed by atoms with Gasteiger partial charge in [0.25, 0.3) is 0 Å². The lowest BCUT2D eigenvalue weighted by atomic mass is 9.96.